The molecule has 0 aliphatic carbocycles. The molecule has 0 unspecified atom stereocenters. The van der Waals surface area contributed by atoms with Crippen LogP contribution in [0.1, 0.15) is 16.8 Å². The number of aromatic nitrogens is 3. The topological polar surface area (TPSA) is 50.7 Å². The Balaban J connectivity index is 1.33. The first-order valence-electron chi connectivity index (χ1n) is 11.1. The van der Waals surface area contributed by atoms with E-state index in [4.69, 9.17) is 4.98 Å². The third kappa shape index (κ3) is 5.20. The van der Waals surface area contributed by atoms with Gasteiger partial charge in [-0.25, -0.2) is 4.98 Å². The monoisotopic (exact) mass is 470 g/mol. The van der Waals surface area contributed by atoms with E-state index in [0.717, 1.165) is 44.9 Å². The van der Waals surface area contributed by atoms with E-state index in [1.807, 2.05) is 54.7 Å². The van der Waals surface area contributed by atoms with E-state index in [1.54, 1.807) is 6.20 Å². The molecule has 1 N–H and O–H groups in total. The molecule has 0 aliphatic heterocycles. The third-order valence-electron chi connectivity index (χ3n) is 5.70. The second kappa shape index (κ2) is 9.64. The van der Waals surface area contributed by atoms with E-state index in [0.29, 0.717) is 18.7 Å². The van der Waals surface area contributed by atoms with Gasteiger partial charge in [-0.1, -0.05) is 60.7 Å². The number of benzene rings is 2. The van der Waals surface area contributed by atoms with Crippen LogP contribution in [0.3, 0.4) is 0 Å². The molecule has 3 aromatic heterocycles. The van der Waals surface area contributed by atoms with Crippen molar-refractivity contribution in [2.24, 2.45) is 0 Å². The minimum Gasteiger partial charge on any atom is -0.309 e. The zero-order chi connectivity index (χ0) is 24.3. The maximum absolute atomic E-state index is 12.7. The van der Waals surface area contributed by atoms with Crippen molar-refractivity contribution >= 4 is 10.9 Å². The SMILES string of the molecule is FC(F)(F)c1ccc(CNCc2ccc(-c3nc4ccncc4cc3-c3ccccc3)cc2)cn1. The number of hydrogen-bond acceptors (Lipinski definition) is 4. The Morgan fingerprint density at radius 2 is 1.49 bits per heavy atom. The summed E-state index contributed by atoms with van der Waals surface area (Å²) in [7, 11) is 0. The maximum atomic E-state index is 12.7. The number of nitrogens with zero attached hydrogens (tertiary/aromatic N) is 3. The summed E-state index contributed by atoms with van der Waals surface area (Å²) in [6.07, 6.45) is 0.386. The van der Waals surface area contributed by atoms with E-state index >= 15 is 0 Å². The Morgan fingerprint density at radius 1 is 0.743 bits per heavy atom. The molecule has 5 aromatic rings. The number of nitrogens with one attached hydrogen (secondary N) is 1. The van der Waals surface area contributed by atoms with Gasteiger partial charge in [0.05, 0.1) is 11.2 Å². The van der Waals surface area contributed by atoms with Crippen LogP contribution < -0.4 is 5.32 Å². The first kappa shape index (κ1) is 22.7. The predicted octanol–water partition coefficient (Wildman–Crippen LogP) is 6.67. The maximum Gasteiger partial charge on any atom is 0.433 e. The first-order valence-corrected chi connectivity index (χ1v) is 11.1. The molecule has 35 heavy (non-hydrogen) atoms. The van der Waals surface area contributed by atoms with Crippen molar-refractivity contribution in [2.75, 3.05) is 0 Å². The molecule has 4 nitrogen and oxygen atoms in total. The van der Waals surface area contributed by atoms with Crippen LogP contribution in [-0.4, -0.2) is 15.0 Å². The summed E-state index contributed by atoms with van der Waals surface area (Å²) in [5.41, 5.74) is 5.75. The van der Waals surface area contributed by atoms with E-state index in [-0.39, 0.29) is 0 Å². The number of fused-ring (bicyclic) bond motifs is 1. The van der Waals surface area contributed by atoms with Crippen molar-refractivity contribution in [3.63, 3.8) is 0 Å². The molecular weight excluding hydrogens is 449 g/mol. The number of rotatable bonds is 6. The highest BCUT2D eigenvalue weighted by atomic mass is 19.4. The highest BCUT2D eigenvalue weighted by Crippen LogP contribution is 2.33. The van der Waals surface area contributed by atoms with Gasteiger partial charge >= 0.3 is 6.18 Å². The van der Waals surface area contributed by atoms with Crippen LogP contribution in [0.25, 0.3) is 33.3 Å². The lowest BCUT2D eigenvalue weighted by atomic mass is 9.97. The predicted molar refractivity (Wildman–Crippen MR) is 130 cm³/mol. The summed E-state index contributed by atoms with van der Waals surface area (Å²) >= 11 is 0. The van der Waals surface area contributed by atoms with Crippen LogP contribution in [-0.2, 0) is 19.3 Å². The number of hydrogen-bond donors (Lipinski definition) is 1. The molecule has 0 fully saturated rings. The Kier molecular flexibility index (Phi) is 6.25. The molecule has 0 aliphatic rings. The molecule has 2 aromatic carbocycles. The molecule has 0 bridgehead atoms. The van der Waals surface area contributed by atoms with Crippen molar-refractivity contribution in [3.8, 4) is 22.4 Å². The van der Waals surface area contributed by atoms with E-state index < -0.39 is 11.9 Å². The smallest absolute Gasteiger partial charge is 0.309 e. The molecule has 174 valence electrons. The quantitative estimate of drug-likeness (QED) is 0.301. The molecule has 7 heteroatoms. The fraction of sp³-hybridized carbons (Fsp3) is 0.107. The zero-order valence-electron chi connectivity index (χ0n) is 18.6. The van der Waals surface area contributed by atoms with E-state index in [2.05, 4.69) is 33.5 Å². The zero-order valence-corrected chi connectivity index (χ0v) is 18.6. The average Bonchev–Trinajstić information content (AvgIpc) is 2.89. The lowest BCUT2D eigenvalue weighted by Crippen LogP contribution is -2.14. The molecule has 0 amide bonds. The lowest BCUT2D eigenvalue weighted by molar-refractivity contribution is -0.141. The largest absolute Gasteiger partial charge is 0.433 e. The summed E-state index contributed by atoms with van der Waals surface area (Å²) in [6.45, 7) is 0.995. The Hall–Kier alpha value is -4.10. The van der Waals surface area contributed by atoms with Crippen molar-refractivity contribution in [1.82, 2.24) is 20.3 Å². The number of alkyl halides is 3. The number of pyridine rings is 3. The van der Waals surface area contributed by atoms with Crippen LogP contribution >= 0.6 is 0 Å². The highest BCUT2D eigenvalue weighted by Gasteiger charge is 2.31. The summed E-state index contributed by atoms with van der Waals surface area (Å²) in [5, 5.41) is 4.23. The van der Waals surface area contributed by atoms with Gasteiger partial charge in [0, 0.05) is 48.2 Å². The minimum absolute atomic E-state index is 0.422. The van der Waals surface area contributed by atoms with Gasteiger partial charge in [-0.05, 0) is 34.9 Å². The Bertz CT molecular complexity index is 1430. The van der Waals surface area contributed by atoms with E-state index in [9.17, 15) is 13.2 Å². The average molecular weight is 470 g/mol. The summed E-state index contributed by atoms with van der Waals surface area (Å²) < 4.78 is 38.0. The van der Waals surface area contributed by atoms with Crippen LogP contribution in [0.2, 0.25) is 0 Å². The van der Waals surface area contributed by atoms with Gasteiger partial charge in [0.15, 0.2) is 0 Å². The van der Waals surface area contributed by atoms with Crippen molar-refractivity contribution in [2.45, 2.75) is 19.3 Å². The van der Waals surface area contributed by atoms with Gasteiger partial charge < -0.3 is 5.32 Å². The number of halogens is 3. The van der Waals surface area contributed by atoms with Gasteiger partial charge in [0.1, 0.15) is 5.69 Å². The first-order chi connectivity index (χ1) is 17.0. The normalized spacial score (nSPS) is 11.6. The van der Waals surface area contributed by atoms with Gasteiger partial charge in [0.25, 0.3) is 0 Å². The van der Waals surface area contributed by atoms with Gasteiger partial charge in [-0.15, -0.1) is 0 Å². The highest BCUT2D eigenvalue weighted by molar-refractivity contribution is 5.91. The van der Waals surface area contributed by atoms with Crippen molar-refractivity contribution < 1.29 is 13.2 Å². The molecular formula is C28H21F3N4. The summed E-state index contributed by atoms with van der Waals surface area (Å²) in [5.74, 6) is 0. The van der Waals surface area contributed by atoms with Crippen molar-refractivity contribution in [3.05, 3.63) is 114 Å². The second-order valence-electron chi connectivity index (χ2n) is 8.17. The van der Waals surface area contributed by atoms with Gasteiger partial charge in [-0.3, -0.25) is 9.97 Å². The third-order valence-corrected chi connectivity index (χ3v) is 5.70. The van der Waals surface area contributed by atoms with Gasteiger partial charge in [-0.2, -0.15) is 13.2 Å². The van der Waals surface area contributed by atoms with Crippen molar-refractivity contribution in [1.29, 1.82) is 0 Å². The fourth-order valence-electron chi connectivity index (χ4n) is 3.90. The molecule has 5 rings (SSSR count). The standard InChI is InChI=1S/C28H21F3N4/c29-28(30,31)26-11-8-20(17-34-26)16-33-15-19-6-9-22(10-7-19)27-24(21-4-2-1-3-5-21)14-23-18-32-13-12-25(23)35-27/h1-14,17-18,33H,15-16H2. The Labute approximate surface area is 200 Å². The van der Waals surface area contributed by atoms with Crippen LogP contribution in [0.5, 0.6) is 0 Å². The van der Waals surface area contributed by atoms with Crippen LogP contribution in [0.15, 0.2) is 97.5 Å². The molecule has 3 heterocycles. The van der Waals surface area contributed by atoms with Crippen LogP contribution in [0, 0.1) is 0 Å². The minimum atomic E-state index is -4.43. The summed E-state index contributed by atoms with van der Waals surface area (Å²) in [6, 6.07) is 24.7. The second-order valence-corrected chi connectivity index (χ2v) is 8.17. The molecule has 0 atom stereocenters. The van der Waals surface area contributed by atoms with Crippen LogP contribution in [0.4, 0.5) is 13.2 Å². The molecule has 0 saturated carbocycles. The summed E-state index contributed by atoms with van der Waals surface area (Å²) in [4.78, 5) is 12.7. The van der Waals surface area contributed by atoms with Gasteiger partial charge in [0.2, 0.25) is 0 Å². The molecule has 0 spiro atoms. The molecule has 0 saturated heterocycles. The molecule has 0 radical (unpaired) electrons. The lowest BCUT2D eigenvalue weighted by Gasteiger charge is -2.12. The van der Waals surface area contributed by atoms with E-state index in [1.165, 1.54) is 12.3 Å². The fourth-order valence-corrected chi connectivity index (χ4v) is 3.90. The Morgan fingerprint density at radius 3 is 2.20 bits per heavy atom.